The summed E-state index contributed by atoms with van der Waals surface area (Å²) in [6.45, 7) is 1.84. The average Bonchev–Trinajstić information content (AvgIpc) is 2.84. The number of nitriles is 2. The third-order valence-corrected chi connectivity index (χ3v) is 4.99. The zero-order valence-electron chi connectivity index (χ0n) is 13.5. The van der Waals surface area contributed by atoms with Gasteiger partial charge in [0.15, 0.2) is 9.84 Å². The van der Waals surface area contributed by atoms with Crippen LogP contribution >= 0.6 is 0 Å². The van der Waals surface area contributed by atoms with E-state index in [0.29, 0.717) is 0 Å². The van der Waals surface area contributed by atoms with E-state index in [1.54, 1.807) is 24.3 Å². The molecule has 0 radical (unpaired) electrons. The maximum atomic E-state index is 11.9. The van der Waals surface area contributed by atoms with Crippen LogP contribution in [0.1, 0.15) is 25.7 Å². The molecule has 1 aliphatic rings. The van der Waals surface area contributed by atoms with Gasteiger partial charge in [0.25, 0.3) is 0 Å². The summed E-state index contributed by atoms with van der Waals surface area (Å²) in [5, 5.41) is 21.2. The van der Waals surface area contributed by atoms with Crippen LogP contribution in [0.25, 0.3) is 0 Å². The van der Waals surface area contributed by atoms with Gasteiger partial charge >= 0.3 is 0 Å². The van der Waals surface area contributed by atoms with E-state index in [2.05, 4.69) is 15.4 Å². The van der Waals surface area contributed by atoms with Gasteiger partial charge < -0.3 is 4.90 Å². The molecule has 8 heteroatoms. The molecule has 0 unspecified atom stereocenters. The zero-order chi connectivity index (χ0) is 17.6. The fourth-order valence-electron chi connectivity index (χ4n) is 2.65. The van der Waals surface area contributed by atoms with Gasteiger partial charge in [-0.1, -0.05) is 12.8 Å². The van der Waals surface area contributed by atoms with Crippen LogP contribution in [0.15, 0.2) is 28.2 Å². The number of nitrogens with zero attached hydrogens (tertiary/aromatic N) is 4. The fourth-order valence-corrected chi connectivity index (χ4v) is 3.46. The minimum atomic E-state index is -3.47. The first kappa shape index (κ1) is 17.8. The minimum Gasteiger partial charge on any atom is -0.371 e. The molecular weight excluding hydrogens is 326 g/mol. The van der Waals surface area contributed by atoms with Crippen LogP contribution in [-0.2, 0) is 9.84 Å². The molecule has 1 saturated heterocycles. The maximum absolute atomic E-state index is 11.9. The van der Waals surface area contributed by atoms with Crippen LogP contribution in [-0.4, -0.2) is 33.5 Å². The van der Waals surface area contributed by atoms with Crippen LogP contribution in [0.3, 0.4) is 0 Å². The molecule has 2 rings (SSSR count). The van der Waals surface area contributed by atoms with Gasteiger partial charge in [0.1, 0.15) is 12.1 Å². The van der Waals surface area contributed by atoms with E-state index in [4.69, 9.17) is 10.5 Å². The first-order chi connectivity index (χ1) is 11.5. The van der Waals surface area contributed by atoms with Gasteiger partial charge in [-0.3, -0.25) is 5.43 Å². The average molecular weight is 345 g/mol. The molecule has 1 fully saturated rings. The molecule has 0 aromatic heterocycles. The number of anilines is 2. The Labute approximate surface area is 142 Å². The Morgan fingerprint density at radius 2 is 1.79 bits per heavy atom. The van der Waals surface area contributed by atoms with E-state index in [1.807, 2.05) is 0 Å². The number of hydrazone groups is 1. The number of rotatable bonds is 4. The summed E-state index contributed by atoms with van der Waals surface area (Å²) >= 11 is 0. The molecule has 0 atom stereocenters. The highest BCUT2D eigenvalue weighted by Gasteiger charge is 2.17. The van der Waals surface area contributed by atoms with E-state index in [0.717, 1.165) is 37.9 Å². The topological polar surface area (TPSA) is 109 Å². The number of nitrogens with one attached hydrogen (secondary N) is 1. The summed E-state index contributed by atoms with van der Waals surface area (Å²) in [5.41, 5.74) is 3.35. The van der Waals surface area contributed by atoms with E-state index in [9.17, 15) is 8.42 Å². The van der Waals surface area contributed by atoms with E-state index in [1.165, 1.54) is 18.9 Å². The van der Waals surface area contributed by atoms with Crippen molar-refractivity contribution in [3.05, 3.63) is 18.2 Å². The lowest BCUT2D eigenvalue weighted by atomic mass is 10.2. The molecule has 1 aliphatic heterocycles. The maximum Gasteiger partial charge on any atom is 0.237 e. The third kappa shape index (κ3) is 4.46. The second-order valence-corrected chi connectivity index (χ2v) is 7.63. The van der Waals surface area contributed by atoms with Crippen molar-refractivity contribution >= 4 is 26.9 Å². The van der Waals surface area contributed by atoms with Crippen LogP contribution in [0.4, 0.5) is 11.4 Å². The molecule has 0 saturated carbocycles. The summed E-state index contributed by atoms with van der Waals surface area (Å²) in [4.78, 5) is 2.30. The number of sulfone groups is 1. The van der Waals surface area contributed by atoms with Gasteiger partial charge in [0.2, 0.25) is 5.71 Å². The van der Waals surface area contributed by atoms with Crippen molar-refractivity contribution in [2.24, 2.45) is 5.10 Å². The SMILES string of the molecule is CS(=O)(=O)c1ccc(N2CCCCCC2)cc1NN=C(C#N)C#N. The second-order valence-electron chi connectivity index (χ2n) is 5.65. The smallest absolute Gasteiger partial charge is 0.237 e. The van der Waals surface area contributed by atoms with Gasteiger partial charge in [-0.05, 0) is 31.0 Å². The van der Waals surface area contributed by atoms with Crippen LogP contribution in [0.2, 0.25) is 0 Å². The summed E-state index contributed by atoms with van der Waals surface area (Å²) in [6.07, 6.45) is 5.70. The molecule has 24 heavy (non-hydrogen) atoms. The number of benzene rings is 1. The largest absolute Gasteiger partial charge is 0.371 e. The normalized spacial score (nSPS) is 14.9. The van der Waals surface area contributed by atoms with Crippen molar-refractivity contribution in [3.8, 4) is 12.1 Å². The van der Waals surface area contributed by atoms with E-state index >= 15 is 0 Å². The predicted octanol–water partition coefficient (Wildman–Crippen LogP) is 2.29. The molecule has 1 N–H and O–H groups in total. The minimum absolute atomic E-state index is 0.0834. The lowest BCUT2D eigenvalue weighted by Gasteiger charge is -2.23. The lowest BCUT2D eigenvalue weighted by Crippen LogP contribution is -2.24. The first-order valence-electron chi connectivity index (χ1n) is 7.68. The fraction of sp³-hybridized carbons (Fsp3) is 0.438. The standard InChI is InChI=1S/C16H19N5O2S/c1-24(22,23)16-7-6-14(21-8-4-2-3-5-9-21)10-15(16)20-19-13(11-17)12-18/h6-7,10,20H,2-5,8-9H2,1H3. The Balaban J connectivity index is 2.40. The summed E-state index contributed by atoms with van der Waals surface area (Å²) < 4.78 is 23.9. The van der Waals surface area contributed by atoms with Crippen molar-refractivity contribution in [1.29, 1.82) is 10.5 Å². The van der Waals surface area contributed by atoms with Crippen LogP contribution in [0, 0.1) is 22.7 Å². The van der Waals surface area contributed by atoms with E-state index in [-0.39, 0.29) is 16.3 Å². The van der Waals surface area contributed by atoms with Crippen molar-refractivity contribution in [3.63, 3.8) is 0 Å². The van der Waals surface area contributed by atoms with Crippen LogP contribution in [0.5, 0.6) is 0 Å². The molecule has 0 amide bonds. The Hall–Kier alpha value is -2.58. The molecule has 1 heterocycles. The molecule has 0 spiro atoms. The summed E-state index contributed by atoms with van der Waals surface area (Å²) in [6, 6.07) is 8.29. The summed E-state index contributed by atoms with van der Waals surface area (Å²) in [7, 11) is -3.47. The highest BCUT2D eigenvalue weighted by molar-refractivity contribution is 7.90. The highest BCUT2D eigenvalue weighted by Crippen LogP contribution is 2.29. The lowest BCUT2D eigenvalue weighted by molar-refractivity contribution is 0.602. The highest BCUT2D eigenvalue weighted by atomic mass is 32.2. The Morgan fingerprint density at radius 3 is 2.33 bits per heavy atom. The van der Waals surface area contributed by atoms with Gasteiger partial charge in [0, 0.05) is 25.0 Å². The molecule has 0 bridgehead atoms. The summed E-state index contributed by atoms with van der Waals surface area (Å²) in [5.74, 6) is 0. The molecule has 0 aliphatic carbocycles. The monoisotopic (exact) mass is 345 g/mol. The van der Waals surface area contributed by atoms with Crippen molar-refractivity contribution in [1.82, 2.24) is 0 Å². The Kier molecular flexibility index (Phi) is 5.78. The van der Waals surface area contributed by atoms with E-state index < -0.39 is 9.84 Å². The van der Waals surface area contributed by atoms with Crippen molar-refractivity contribution in [2.75, 3.05) is 29.7 Å². The Morgan fingerprint density at radius 1 is 1.17 bits per heavy atom. The van der Waals surface area contributed by atoms with Gasteiger partial charge in [-0.25, -0.2) is 8.42 Å². The predicted molar refractivity (Wildman–Crippen MR) is 92.5 cm³/mol. The van der Waals surface area contributed by atoms with Gasteiger partial charge in [-0.15, -0.1) is 0 Å². The zero-order valence-corrected chi connectivity index (χ0v) is 14.3. The van der Waals surface area contributed by atoms with Crippen LogP contribution < -0.4 is 10.3 Å². The van der Waals surface area contributed by atoms with Crippen molar-refractivity contribution < 1.29 is 8.42 Å². The van der Waals surface area contributed by atoms with Gasteiger partial charge in [-0.2, -0.15) is 15.6 Å². The second kappa shape index (κ2) is 7.80. The Bertz CT molecular complexity index is 794. The quantitative estimate of drug-likeness (QED) is 0.662. The molecule has 126 valence electrons. The van der Waals surface area contributed by atoms with Crippen molar-refractivity contribution in [2.45, 2.75) is 30.6 Å². The number of hydrogen-bond donors (Lipinski definition) is 1. The molecule has 7 nitrogen and oxygen atoms in total. The molecular formula is C16H19N5O2S. The first-order valence-corrected chi connectivity index (χ1v) is 9.58. The molecule has 1 aromatic carbocycles. The molecule has 1 aromatic rings. The number of hydrogen-bond acceptors (Lipinski definition) is 7. The van der Waals surface area contributed by atoms with Gasteiger partial charge in [0.05, 0.1) is 10.6 Å². The third-order valence-electron chi connectivity index (χ3n) is 3.83.